The molecule has 0 saturated carbocycles. The van der Waals surface area contributed by atoms with Crippen molar-refractivity contribution in [1.29, 1.82) is 0 Å². The molecular formula is C22H16F6N4O2. The van der Waals surface area contributed by atoms with Gasteiger partial charge >= 0.3 is 12.4 Å². The second-order valence-electron chi connectivity index (χ2n) is 6.89. The van der Waals surface area contributed by atoms with Crippen LogP contribution in [0.4, 0.5) is 37.7 Å². The molecule has 0 radical (unpaired) electrons. The zero-order valence-corrected chi connectivity index (χ0v) is 17.0. The monoisotopic (exact) mass is 482 g/mol. The van der Waals surface area contributed by atoms with Gasteiger partial charge in [-0.25, -0.2) is 0 Å². The highest BCUT2D eigenvalue weighted by molar-refractivity contribution is 5.98. The highest BCUT2D eigenvalue weighted by Gasteiger charge is 2.31. The van der Waals surface area contributed by atoms with Gasteiger partial charge < -0.3 is 0 Å². The fourth-order valence-corrected chi connectivity index (χ4v) is 2.72. The molecule has 6 nitrogen and oxygen atoms in total. The first-order valence-electron chi connectivity index (χ1n) is 9.51. The Bertz CT molecular complexity index is 1080. The molecule has 0 unspecified atom stereocenters. The largest absolute Gasteiger partial charge is 0.416 e. The van der Waals surface area contributed by atoms with Gasteiger partial charge in [0.1, 0.15) is 0 Å². The highest BCUT2D eigenvalue weighted by Crippen LogP contribution is 2.31. The minimum atomic E-state index is -4.53. The second kappa shape index (κ2) is 9.73. The fourth-order valence-electron chi connectivity index (χ4n) is 2.72. The molecule has 0 atom stereocenters. The van der Waals surface area contributed by atoms with Crippen molar-refractivity contribution in [2.24, 2.45) is 0 Å². The van der Waals surface area contributed by atoms with Gasteiger partial charge in [-0.15, -0.1) is 0 Å². The number of hydrazine groups is 2. The van der Waals surface area contributed by atoms with Gasteiger partial charge in [0.2, 0.25) is 0 Å². The molecule has 34 heavy (non-hydrogen) atoms. The summed E-state index contributed by atoms with van der Waals surface area (Å²) in [6.45, 7) is 0. The van der Waals surface area contributed by atoms with Crippen LogP contribution in [0.1, 0.15) is 31.8 Å². The number of carbonyl (C=O) groups excluding carboxylic acids is 2. The van der Waals surface area contributed by atoms with E-state index in [4.69, 9.17) is 0 Å². The lowest BCUT2D eigenvalue weighted by atomic mass is 10.1. The molecule has 3 aromatic rings. The molecular weight excluding hydrogens is 466 g/mol. The summed E-state index contributed by atoms with van der Waals surface area (Å²) in [6, 6.07) is 13.6. The lowest BCUT2D eigenvalue weighted by Gasteiger charge is -2.12. The Morgan fingerprint density at radius 3 is 1.24 bits per heavy atom. The van der Waals surface area contributed by atoms with Gasteiger partial charge in [0.15, 0.2) is 0 Å². The first-order chi connectivity index (χ1) is 15.9. The highest BCUT2D eigenvalue weighted by atomic mass is 19.4. The third-order valence-corrected chi connectivity index (χ3v) is 4.43. The standard InChI is InChI=1S/C22H16F6N4O2/c23-21(24,25)15-3-1-5-17(11-15)29-31-19(33)13-7-9-14(10-8-13)20(34)32-30-18-6-2-4-16(12-18)22(26,27)28/h1-12,29-30H,(H,31,33)(H,32,34). The van der Waals surface area contributed by atoms with Crippen molar-refractivity contribution < 1.29 is 35.9 Å². The topological polar surface area (TPSA) is 82.3 Å². The number of alkyl halides is 6. The molecule has 0 bridgehead atoms. The van der Waals surface area contributed by atoms with Gasteiger partial charge in [0.25, 0.3) is 11.8 Å². The van der Waals surface area contributed by atoms with Gasteiger partial charge in [-0.1, -0.05) is 12.1 Å². The molecule has 0 saturated heterocycles. The van der Waals surface area contributed by atoms with Crippen LogP contribution in [-0.4, -0.2) is 11.8 Å². The first-order valence-corrected chi connectivity index (χ1v) is 9.51. The van der Waals surface area contributed by atoms with Gasteiger partial charge in [-0.05, 0) is 60.7 Å². The quantitative estimate of drug-likeness (QED) is 0.286. The van der Waals surface area contributed by atoms with E-state index in [-0.39, 0.29) is 22.5 Å². The van der Waals surface area contributed by atoms with Crippen molar-refractivity contribution in [3.05, 3.63) is 95.1 Å². The van der Waals surface area contributed by atoms with E-state index < -0.39 is 35.3 Å². The number of hydrogen-bond donors (Lipinski definition) is 4. The minimum Gasteiger partial charge on any atom is -0.298 e. The lowest BCUT2D eigenvalue weighted by Crippen LogP contribution is -2.30. The van der Waals surface area contributed by atoms with Gasteiger partial charge in [0.05, 0.1) is 22.5 Å². The number of halogens is 6. The number of hydrogen-bond acceptors (Lipinski definition) is 4. The number of nitrogens with one attached hydrogen (secondary N) is 4. The summed E-state index contributed by atoms with van der Waals surface area (Å²) in [5.41, 5.74) is 7.70. The molecule has 0 fully saturated rings. The summed E-state index contributed by atoms with van der Waals surface area (Å²) < 4.78 is 76.5. The third kappa shape index (κ3) is 6.40. The summed E-state index contributed by atoms with van der Waals surface area (Å²) in [4.78, 5) is 24.4. The fraction of sp³-hybridized carbons (Fsp3) is 0.0909. The summed E-state index contributed by atoms with van der Waals surface area (Å²) >= 11 is 0. The number of benzene rings is 3. The smallest absolute Gasteiger partial charge is 0.298 e. The van der Waals surface area contributed by atoms with E-state index in [0.29, 0.717) is 0 Å². The molecule has 0 spiro atoms. The summed E-state index contributed by atoms with van der Waals surface area (Å²) in [5, 5.41) is 0. The predicted molar refractivity (Wildman–Crippen MR) is 112 cm³/mol. The minimum absolute atomic E-state index is 0.0137. The van der Waals surface area contributed by atoms with Crippen molar-refractivity contribution in [1.82, 2.24) is 10.9 Å². The lowest BCUT2D eigenvalue weighted by molar-refractivity contribution is -0.138. The van der Waals surface area contributed by atoms with E-state index in [1.807, 2.05) is 0 Å². The van der Waals surface area contributed by atoms with Crippen LogP contribution in [0.15, 0.2) is 72.8 Å². The van der Waals surface area contributed by atoms with Crippen LogP contribution in [0.25, 0.3) is 0 Å². The molecule has 0 aromatic heterocycles. The van der Waals surface area contributed by atoms with Crippen LogP contribution < -0.4 is 21.7 Å². The molecule has 3 rings (SSSR count). The molecule has 12 heteroatoms. The zero-order valence-electron chi connectivity index (χ0n) is 17.0. The Kier molecular flexibility index (Phi) is 6.99. The number of carbonyl (C=O) groups is 2. The van der Waals surface area contributed by atoms with Crippen molar-refractivity contribution in [2.75, 3.05) is 10.9 Å². The maximum absolute atomic E-state index is 12.8. The predicted octanol–water partition coefficient (Wildman–Crippen LogP) is 5.24. The number of rotatable bonds is 6. The van der Waals surface area contributed by atoms with E-state index in [1.54, 1.807) is 0 Å². The van der Waals surface area contributed by atoms with Gasteiger partial charge in [-0.2, -0.15) is 26.3 Å². The van der Waals surface area contributed by atoms with E-state index in [0.717, 1.165) is 24.3 Å². The summed E-state index contributed by atoms with van der Waals surface area (Å²) in [6.07, 6.45) is -9.07. The van der Waals surface area contributed by atoms with E-state index in [1.165, 1.54) is 48.5 Å². The molecule has 0 aliphatic carbocycles. The van der Waals surface area contributed by atoms with Crippen molar-refractivity contribution in [3.63, 3.8) is 0 Å². The molecule has 0 aliphatic rings. The maximum Gasteiger partial charge on any atom is 0.416 e. The molecule has 0 heterocycles. The molecule has 4 N–H and O–H groups in total. The van der Waals surface area contributed by atoms with E-state index in [9.17, 15) is 35.9 Å². The SMILES string of the molecule is O=C(NNc1cccc(C(F)(F)F)c1)c1ccc(C(=O)NNc2cccc(C(F)(F)F)c2)cc1. The number of amides is 2. The van der Waals surface area contributed by atoms with E-state index >= 15 is 0 Å². The van der Waals surface area contributed by atoms with Crippen molar-refractivity contribution in [2.45, 2.75) is 12.4 Å². The summed E-state index contributed by atoms with van der Waals surface area (Å²) in [5.74, 6) is -1.35. The maximum atomic E-state index is 12.8. The van der Waals surface area contributed by atoms with Crippen LogP contribution in [0, 0.1) is 0 Å². The normalized spacial score (nSPS) is 11.5. The average molecular weight is 482 g/mol. The molecule has 0 aliphatic heterocycles. The molecule has 178 valence electrons. The molecule has 3 aromatic carbocycles. The van der Waals surface area contributed by atoms with Crippen LogP contribution in [0.3, 0.4) is 0 Å². The zero-order chi connectivity index (χ0) is 24.9. The van der Waals surface area contributed by atoms with Crippen LogP contribution in [0.2, 0.25) is 0 Å². The van der Waals surface area contributed by atoms with Crippen LogP contribution in [0.5, 0.6) is 0 Å². The summed E-state index contributed by atoms with van der Waals surface area (Å²) in [7, 11) is 0. The van der Waals surface area contributed by atoms with Crippen molar-refractivity contribution in [3.8, 4) is 0 Å². The Balaban J connectivity index is 1.56. The van der Waals surface area contributed by atoms with E-state index in [2.05, 4.69) is 21.7 Å². The number of anilines is 2. The Hall–Kier alpha value is -4.22. The Morgan fingerprint density at radius 1 is 0.559 bits per heavy atom. The van der Waals surface area contributed by atoms with Crippen LogP contribution in [-0.2, 0) is 12.4 Å². The van der Waals surface area contributed by atoms with Crippen molar-refractivity contribution >= 4 is 23.2 Å². The first kappa shape index (κ1) is 24.4. The van der Waals surface area contributed by atoms with Crippen LogP contribution >= 0.6 is 0 Å². The second-order valence-corrected chi connectivity index (χ2v) is 6.89. The third-order valence-electron chi connectivity index (χ3n) is 4.43. The van der Waals surface area contributed by atoms with Gasteiger partial charge in [0, 0.05) is 11.1 Å². The Morgan fingerprint density at radius 2 is 0.912 bits per heavy atom. The molecule has 2 amide bonds. The Labute approximate surface area is 188 Å². The van der Waals surface area contributed by atoms with Gasteiger partial charge in [-0.3, -0.25) is 31.3 Å². The average Bonchev–Trinajstić information content (AvgIpc) is 2.80.